The van der Waals surface area contributed by atoms with E-state index in [0.717, 1.165) is 30.1 Å². The lowest BCUT2D eigenvalue weighted by molar-refractivity contribution is 0.0696. The third kappa shape index (κ3) is 5.69. The average molecular weight is 477 g/mol. The fraction of sp³-hybridized carbons (Fsp3) is 0.143. The molecule has 1 heterocycles. The maximum atomic E-state index is 12.2. The number of aromatic nitrogens is 1. The van der Waals surface area contributed by atoms with E-state index in [1.807, 2.05) is 12.1 Å². The Morgan fingerprint density at radius 1 is 0.969 bits per heavy atom. The number of ether oxygens (including phenoxy) is 1. The molecule has 1 aromatic heterocycles. The minimum atomic E-state index is -4.21. The Balaban J connectivity index is 1.99. The van der Waals surface area contributed by atoms with E-state index in [9.17, 15) is 21.6 Å². The van der Waals surface area contributed by atoms with Crippen LogP contribution in [0.3, 0.4) is 0 Å². The molecule has 168 valence electrons. The number of pyridine rings is 1. The highest BCUT2D eigenvalue weighted by Crippen LogP contribution is 2.34. The zero-order valence-corrected chi connectivity index (χ0v) is 18.6. The van der Waals surface area contributed by atoms with Crippen molar-refractivity contribution in [1.29, 1.82) is 0 Å². The SMILES string of the molecule is CS(=O)(=O)c1cc(C(=O)O)ccc1Oc1ccc(CCc2ccccn2)cc1S(N)(=O)=O. The van der Waals surface area contributed by atoms with Gasteiger partial charge in [0.2, 0.25) is 10.0 Å². The van der Waals surface area contributed by atoms with E-state index >= 15 is 0 Å². The van der Waals surface area contributed by atoms with Crippen LogP contribution in [0.15, 0.2) is 70.6 Å². The van der Waals surface area contributed by atoms with Gasteiger partial charge in [0.1, 0.15) is 21.3 Å². The Morgan fingerprint density at radius 3 is 2.25 bits per heavy atom. The van der Waals surface area contributed by atoms with Crippen LogP contribution in [0.1, 0.15) is 21.6 Å². The number of rotatable bonds is 8. The number of hydrogen-bond acceptors (Lipinski definition) is 7. The number of sulfonamides is 1. The Kier molecular flexibility index (Phi) is 6.63. The van der Waals surface area contributed by atoms with Crippen LogP contribution in [0, 0.1) is 0 Å². The smallest absolute Gasteiger partial charge is 0.335 e. The first-order chi connectivity index (χ1) is 14.9. The maximum absolute atomic E-state index is 12.2. The standard InChI is InChI=1S/C21H20N2O7S2/c1-31(26,27)19-13-15(21(24)25)7-10-17(19)30-18-9-6-14(12-20(18)32(22,28)29)5-8-16-4-2-3-11-23-16/h2-4,6-7,9-13H,5,8H2,1H3,(H,24,25)(H2,22,28,29). The lowest BCUT2D eigenvalue weighted by Crippen LogP contribution is -2.14. The molecule has 3 N–H and O–H groups in total. The van der Waals surface area contributed by atoms with Gasteiger partial charge in [-0.25, -0.2) is 26.8 Å². The van der Waals surface area contributed by atoms with Crippen LogP contribution in [-0.4, -0.2) is 39.2 Å². The molecule has 0 unspecified atom stereocenters. The zero-order chi connectivity index (χ0) is 23.5. The first-order valence-corrected chi connectivity index (χ1v) is 12.7. The Bertz CT molecular complexity index is 1370. The topological polar surface area (TPSA) is 154 Å². The molecule has 0 bridgehead atoms. The van der Waals surface area contributed by atoms with Crippen molar-refractivity contribution in [2.24, 2.45) is 5.14 Å². The molecule has 2 aromatic carbocycles. The maximum Gasteiger partial charge on any atom is 0.335 e. The summed E-state index contributed by atoms with van der Waals surface area (Å²) in [5.74, 6) is -1.71. The summed E-state index contributed by atoms with van der Waals surface area (Å²) < 4.78 is 54.3. The molecular formula is C21H20N2O7S2. The van der Waals surface area contributed by atoms with Gasteiger partial charge in [-0.1, -0.05) is 12.1 Å². The van der Waals surface area contributed by atoms with E-state index in [-0.39, 0.29) is 22.0 Å². The number of hydrogen-bond donors (Lipinski definition) is 2. The molecular weight excluding hydrogens is 456 g/mol. The summed E-state index contributed by atoms with van der Waals surface area (Å²) in [6.07, 6.45) is 3.61. The largest absolute Gasteiger partial charge is 0.478 e. The van der Waals surface area contributed by atoms with Crippen molar-refractivity contribution in [1.82, 2.24) is 4.98 Å². The average Bonchev–Trinajstić information content (AvgIpc) is 2.72. The summed E-state index contributed by atoms with van der Waals surface area (Å²) in [7, 11) is -8.09. The van der Waals surface area contributed by atoms with Crippen LogP contribution in [-0.2, 0) is 32.7 Å². The van der Waals surface area contributed by atoms with E-state index < -0.39 is 30.7 Å². The van der Waals surface area contributed by atoms with Crippen LogP contribution < -0.4 is 9.88 Å². The predicted molar refractivity (Wildman–Crippen MR) is 116 cm³/mol. The van der Waals surface area contributed by atoms with Crippen LogP contribution in [0.5, 0.6) is 11.5 Å². The van der Waals surface area contributed by atoms with Gasteiger partial charge in [-0.2, -0.15) is 0 Å². The summed E-state index contributed by atoms with van der Waals surface area (Å²) >= 11 is 0. The second-order valence-corrected chi connectivity index (χ2v) is 10.5. The fourth-order valence-corrected chi connectivity index (χ4v) is 4.49. The lowest BCUT2D eigenvalue weighted by atomic mass is 10.1. The molecule has 0 aliphatic carbocycles. The highest BCUT2D eigenvalue weighted by atomic mass is 32.2. The number of carboxylic acids is 1. The normalized spacial score (nSPS) is 11.8. The first kappa shape index (κ1) is 23.4. The fourth-order valence-electron chi connectivity index (χ4n) is 2.97. The minimum Gasteiger partial charge on any atom is -0.478 e. The van der Waals surface area contributed by atoms with Gasteiger partial charge >= 0.3 is 5.97 Å². The van der Waals surface area contributed by atoms with Crippen LogP contribution in [0.4, 0.5) is 0 Å². The van der Waals surface area contributed by atoms with Crippen molar-refractivity contribution >= 4 is 25.8 Å². The van der Waals surface area contributed by atoms with E-state index in [4.69, 9.17) is 15.0 Å². The van der Waals surface area contributed by atoms with Crippen LogP contribution in [0.2, 0.25) is 0 Å². The Morgan fingerprint density at radius 2 is 1.66 bits per heavy atom. The molecule has 9 nitrogen and oxygen atoms in total. The molecule has 0 spiro atoms. The number of nitrogens with two attached hydrogens (primary N) is 1. The van der Waals surface area contributed by atoms with Gasteiger partial charge in [0.05, 0.1) is 5.56 Å². The molecule has 0 atom stereocenters. The number of aromatic carboxylic acids is 1. The van der Waals surface area contributed by atoms with Crippen molar-refractivity contribution in [3.05, 3.63) is 77.6 Å². The summed E-state index contributed by atoms with van der Waals surface area (Å²) in [6, 6.07) is 13.1. The Labute approximate surface area is 185 Å². The van der Waals surface area contributed by atoms with Crippen molar-refractivity contribution < 1.29 is 31.5 Å². The van der Waals surface area contributed by atoms with Gasteiger partial charge < -0.3 is 9.84 Å². The van der Waals surface area contributed by atoms with E-state index in [2.05, 4.69) is 4.98 Å². The quantitative estimate of drug-likeness (QED) is 0.502. The minimum absolute atomic E-state index is 0.179. The Hall–Kier alpha value is -3.28. The molecule has 0 saturated heterocycles. The van der Waals surface area contributed by atoms with Crippen LogP contribution in [0.25, 0.3) is 0 Å². The van der Waals surface area contributed by atoms with Crippen molar-refractivity contribution in [2.45, 2.75) is 22.6 Å². The number of aryl methyl sites for hydroxylation is 2. The summed E-state index contributed by atoms with van der Waals surface area (Å²) in [5.41, 5.74) is 1.24. The zero-order valence-electron chi connectivity index (χ0n) is 16.9. The van der Waals surface area contributed by atoms with Crippen molar-refractivity contribution in [2.75, 3.05) is 6.26 Å². The molecule has 3 rings (SSSR count). The molecule has 0 aliphatic heterocycles. The van der Waals surface area contributed by atoms with Gasteiger partial charge in [0.15, 0.2) is 9.84 Å². The van der Waals surface area contributed by atoms with Crippen molar-refractivity contribution in [3.8, 4) is 11.5 Å². The second kappa shape index (κ2) is 9.07. The third-order valence-electron chi connectivity index (χ3n) is 4.52. The highest BCUT2D eigenvalue weighted by Gasteiger charge is 2.22. The monoisotopic (exact) mass is 476 g/mol. The van der Waals surface area contributed by atoms with Gasteiger partial charge in [-0.3, -0.25) is 4.98 Å². The lowest BCUT2D eigenvalue weighted by Gasteiger charge is -2.14. The van der Waals surface area contributed by atoms with E-state index in [0.29, 0.717) is 18.4 Å². The van der Waals surface area contributed by atoms with E-state index in [1.165, 1.54) is 12.1 Å². The number of nitrogens with zero attached hydrogens (tertiary/aromatic N) is 1. The number of carbonyl (C=O) groups is 1. The molecule has 0 amide bonds. The molecule has 0 aliphatic rings. The number of sulfone groups is 1. The van der Waals surface area contributed by atoms with Crippen LogP contribution >= 0.6 is 0 Å². The third-order valence-corrected chi connectivity index (χ3v) is 6.57. The van der Waals surface area contributed by atoms with E-state index in [1.54, 1.807) is 18.3 Å². The number of benzene rings is 2. The molecule has 11 heteroatoms. The first-order valence-electron chi connectivity index (χ1n) is 9.26. The van der Waals surface area contributed by atoms with Gasteiger partial charge in [0.25, 0.3) is 0 Å². The van der Waals surface area contributed by atoms with Gasteiger partial charge in [-0.15, -0.1) is 0 Å². The number of carboxylic acid groups (broad SMARTS) is 1. The predicted octanol–water partition coefficient (Wildman–Crippen LogP) is 2.41. The summed E-state index contributed by atoms with van der Waals surface area (Å²) in [5, 5.41) is 14.5. The molecule has 32 heavy (non-hydrogen) atoms. The highest BCUT2D eigenvalue weighted by molar-refractivity contribution is 7.90. The number of primary sulfonamides is 1. The summed E-state index contributed by atoms with van der Waals surface area (Å²) in [6.45, 7) is 0. The van der Waals surface area contributed by atoms with Gasteiger partial charge in [0, 0.05) is 18.1 Å². The van der Waals surface area contributed by atoms with Crippen molar-refractivity contribution in [3.63, 3.8) is 0 Å². The van der Waals surface area contributed by atoms with Gasteiger partial charge in [-0.05, 0) is 60.9 Å². The molecule has 0 saturated carbocycles. The molecule has 0 fully saturated rings. The summed E-state index contributed by atoms with van der Waals surface area (Å²) in [4.78, 5) is 14.7. The second-order valence-electron chi connectivity index (χ2n) is 6.99. The molecule has 3 aromatic rings. The molecule has 0 radical (unpaired) electrons.